The molecule has 1 aromatic heterocycles. The fourth-order valence-electron chi connectivity index (χ4n) is 2.74. The zero-order valence-corrected chi connectivity index (χ0v) is 15.4. The molecule has 0 spiro atoms. The molecule has 0 unspecified atom stereocenters. The second-order valence-electron chi connectivity index (χ2n) is 6.42. The summed E-state index contributed by atoms with van der Waals surface area (Å²) in [6.45, 7) is 8.02. The summed E-state index contributed by atoms with van der Waals surface area (Å²) in [5.41, 5.74) is 7.33. The van der Waals surface area contributed by atoms with E-state index in [1.165, 1.54) is 5.69 Å². The van der Waals surface area contributed by atoms with Crippen molar-refractivity contribution in [2.24, 2.45) is 10.7 Å². The van der Waals surface area contributed by atoms with Crippen molar-refractivity contribution < 1.29 is 0 Å². The number of nitrogens with two attached hydrogens (primary N) is 1. The highest BCUT2D eigenvalue weighted by Gasteiger charge is 2.18. The number of aromatic amines is 1. The van der Waals surface area contributed by atoms with Gasteiger partial charge in [-0.3, -0.25) is 5.10 Å². The van der Waals surface area contributed by atoms with E-state index in [0.717, 1.165) is 42.9 Å². The van der Waals surface area contributed by atoms with Crippen LogP contribution >= 0.6 is 11.6 Å². The van der Waals surface area contributed by atoms with Gasteiger partial charge in [0.1, 0.15) is 12.4 Å². The Kier molecular flexibility index (Phi) is 5.43. The van der Waals surface area contributed by atoms with Gasteiger partial charge in [-0.25, -0.2) is 9.98 Å². The summed E-state index contributed by atoms with van der Waals surface area (Å²) in [5, 5.41) is 7.85. The SMILES string of the molecule is CC(C)c1n[nH]c(CN=C(N)N2CCN(c3ccc(Cl)cc3)CC2)n1. The van der Waals surface area contributed by atoms with Gasteiger partial charge < -0.3 is 15.5 Å². The maximum atomic E-state index is 6.14. The van der Waals surface area contributed by atoms with Crippen LogP contribution in [0.25, 0.3) is 0 Å². The number of rotatable bonds is 4. The molecule has 1 fully saturated rings. The summed E-state index contributed by atoms with van der Waals surface area (Å²) in [5.74, 6) is 2.40. The van der Waals surface area contributed by atoms with Crippen molar-refractivity contribution in [3.05, 3.63) is 40.9 Å². The van der Waals surface area contributed by atoms with E-state index in [1.807, 2.05) is 24.3 Å². The van der Waals surface area contributed by atoms with Crippen molar-refractivity contribution in [2.45, 2.75) is 26.3 Å². The third-order valence-electron chi connectivity index (χ3n) is 4.25. The fourth-order valence-corrected chi connectivity index (χ4v) is 2.87. The first-order valence-corrected chi connectivity index (χ1v) is 8.87. The van der Waals surface area contributed by atoms with Crippen molar-refractivity contribution in [2.75, 3.05) is 31.1 Å². The number of H-pyrrole nitrogens is 1. The molecular weight excluding hydrogens is 338 g/mol. The summed E-state index contributed by atoms with van der Waals surface area (Å²) in [6.07, 6.45) is 0. The van der Waals surface area contributed by atoms with Crippen molar-refractivity contribution >= 4 is 23.2 Å². The van der Waals surface area contributed by atoms with Crippen molar-refractivity contribution in [1.29, 1.82) is 0 Å². The maximum Gasteiger partial charge on any atom is 0.191 e. The number of halogens is 1. The summed E-state index contributed by atoms with van der Waals surface area (Å²) in [4.78, 5) is 13.3. The molecule has 3 N–H and O–H groups in total. The molecule has 134 valence electrons. The Hall–Kier alpha value is -2.28. The summed E-state index contributed by atoms with van der Waals surface area (Å²) in [7, 11) is 0. The summed E-state index contributed by atoms with van der Waals surface area (Å²) >= 11 is 5.95. The predicted molar refractivity (Wildman–Crippen MR) is 101 cm³/mol. The molecule has 1 aliphatic rings. The molecule has 0 bridgehead atoms. The molecule has 1 aliphatic heterocycles. The third kappa shape index (κ3) is 4.42. The first kappa shape index (κ1) is 17.5. The first-order valence-electron chi connectivity index (χ1n) is 8.49. The Labute approximate surface area is 152 Å². The van der Waals surface area contributed by atoms with Crippen LogP contribution in [0.2, 0.25) is 5.02 Å². The molecule has 1 saturated heterocycles. The van der Waals surface area contributed by atoms with E-state index in [-0.39, 0.29) is 0 Å². The molecular formula is C17H24ClN7. The number of benzene rings is 1. The van der Waals surface area contributed by atoms with Crippen LogP contribution in [0.1, 0.15) is 31.4 Å². The van der Waals surface area contributed by atoms with Crippen LogP contribution in [0.15, 0.2) is 29.3 Å². The number of nitrogens with zero attached hydrogens (tertiary/aromatic N) is 5. The Bertz CT molecular complexity index is 715. The van der Waals surface area contributed by atoms with Crippen LogP contribution in [-0.2, 0) is 6.54 Å². The second-order valence-corrected chi connectivity index (χ2v) is 6.86. The summed E-state index contributed by atoms with van der Waals surface area (Å²) in [6, 6.07) is 7.93. The quantitative estimate of drug-likeness (QED) is 0.644. The maximum absolute atomic E-state index is 6.14. The highest BCUT2D eigenvalue weighted by molar-refractivity contribution is 6.30. The van der Waals surface area contributed by atoms with Gasteiger partial charge in [0, 0.05) is 42.8 Å². The zero-order valence-electron chi connectivity index (χ0n) is 14.6. The van der Waals surface area contributed by atoms with Gasteiger partial charge in [0.15, 0.2) is 11.8 Å². The van der Waals surface area contributed by atoms with E-state index in [1.54, 1.807) is 0 Å². The first-order chi connectivity index (χ1) is 12.0. The van der Waals surface area contributed by atoms with E-state index in [0.29, 0.717) is 18.4 Å². The van der Waals surface area contributed by atoms with E-state index in [4.69, 9.17) is 17.3 Å². The van der Waals surface area contributed by atoms with Gasteiger partial charge >= 0.3 is 0 Å². The lowest BCUT2D eigenvalue weighted by Crippen LogP contribution is -2.51. The standard InChI is InChI=1S/C17H24ClN7/c1-12(2)16-21-15(22-23-16)11-20-17(19)25-9-7-24(8-10-25)14-5-3-13(18)4-6-14/h3-6,12H,7-11H2,1-2H3,(H2,19,20)(H,21,22,23). The molecule has 1 aromatic carbocycles. The molecule has 0 aliphatic carbocycles. The van der Waals surface area contributed by atoms with Gasteiger partial charge in [0.05, 0.1) is 0 Å². The lowest BCUT2D eigenvalue weighted by atomic mass is 10.2. The second kappa shape index (κ2) is 7.74. The smallest absolute Gasteiger partial charge is 0.191 e. The van der Waals surface area contributed by atoms with Gasteiger partial charge in [-0.05, 0) is 24.3 Å². The van der Waals surface area contributed by atoms with Gasteiger partial charge in [0.25, 0.3) is 0 Å². The highest BCUT2D eigenvalue weighted by Crippen LogP contribution is 2.19. The van der Waals surface area contributed by atoms with Crippen molar-refractivity contribution in [1.82, 2.24) is 20.1 Å². The van der Waals surface area contributed by atoms with Crippen LogP contribution in [0.4, 0.5) is 5.69 Å². The number of nitrogens with one attached hydrogen (secondary N) is 1. The minimum Gasteiger partial charge on any atom is -0.370 e. The Morgan fingerprint density at radius 3 is 2.52 bits per heavy atom. The van der Waals surface area contributed by atoms with E-state index in [2.05, 4.69) is 43.8 Å². The molecule has 0 amide bonds. The number of hydrogen-bond acceptors (Lipinski definition) is 4. The van der Waals surface area contributed by atoms with Gasteiger partial charge in [-0.1, -0.05) is 25.4 Å². The monoisotopic (exact) mass is 361 g/mol. The molecule has 2 heterocycles. The van der Waals surface area contributed by atoms with E-state index >= 15 is 0 Å². The lowest BCUT2D eigenvalue weighted by Gasteiger charge is -2.36. The van der Waals surface area contributed by atoms with Gasteiger partial charge in [0.2, 0.25) is 0 Å². The summed E-state index contributed by atoms with van der Waals surface area (Å²) < 4.78 is 0. The van der Waals surface area contributed by atoms with Crippen LogP contribution in [-0.4, -0.2) is 52.2 Å². The Morgan fingerprint density at radius 2 is 1.92 bits per heavy atom. The molecule has 3 rings (SSSR count). The van der Waals surface area contributed by atoms with Crippen LogP contribution in [0.3, 0.4) is 0 Å². The number of aromatic nitrogens is 3. The van der Waals surface area contributed by atoms with Crippen LogP contribution < -0.4 is 10.6 Å². The molecule has 0 radical (unpaired) electrons. The number of guanidine groups is 1. The van der Waals surface area contributed by atoms with Crippen molar-refractivity contribution in [3.8, 4) is 0 Å². The van der Waals surface area contributed by atoms with Gasteiger partial charge in [-0.2, -0.15) is 5.10 Å². The minimum absolute atomic E-state index is 0.298. The van der Waals surface area contributed by atoms with E-state index in [9.17, 15) is 0 Å². The minimum atomic E-state index is 0.298. The molecule has 0 saturated carbocycles. The largest absolute Gasteiger partial charge is 0.370 e. The van der Waals surface area contributed by atoms with Crippen LogP contribution in [0, 0.1) is 0 Å². The molecule has 0 atom stereocenters. The average molecular weight is 362 g/mol. The molecule has 8 heteroatoms. The topological polar surface area (TPSA) is 86.4 Å². The van der Waals surface area contributed by atoms with Crippen LogP contribution in [0.5, 0.6) is 0 Å². The Balaban J connectivity index is 1.53. The average Bonchev–Trinajstić information content (AvgIpc) is 3.10. The number of aliphatic imine (C=N–C) groups is 1. The lowest BCUT2D eigenvalue weighted by molar-refractivity contribution is 0.380. The van der Waals surface area contributed by atoms with E-state index < -0.39 is 0 Å². The fraction of sp³-hybridized carbons (Fsp3) is 0.471. The molecule has 2 aromatic rings. The zero-order chi connectivity index (χ0) is 17.8. The predicted octanol–water partition coefficient (Wildman–Crippen LogP) is 2.22. The number of hydrogen-bond donors (Lipinski definition) is 2. The van der Waals surface area contributed by atoms with Gasteiger partial charge in [-0.15, -0.1) is 0 Å². The number of piperazine rings is 1. The van der Waals surface area contributed by atoms with Crippen molar-refractivity contribution in [3.63, 3.8) is 0 Å². The molecule has 25 heavy (non-hydrogen) atoms. The normalized spacial score (nSPS) is 15.9. The third-order valence-corrected chi connectivity index (χ3v) is 4.50. The molecule has 7 nitrogen and oxygen atoms in total. The Morgan fingerprint density at radius 1 is 1.24 bits per heavy atom. The highest BCUT2D eigenvalue weighted by atomic mass is 35.5. The number of anilines is 1.